The molecule has 0 saturated carbocycles. The molecule has 1 fully saturated rings. The second-order valence-corrected chi connectivity index (χ2v) is 8.04. The van der Waals surface area contributed by atoms with E-state index in [2.05, 4.69) is 30.4 Å². The van der Waals surface area contributed by atoms with Crippen molar-refractivity contribution in [3.8, 4) is 11.1 Å². The van der Waals surface area contributed by atoms with E-state index in [-0.39, 0.29) is 5.69 Å². The van der Waals surface area contributed by atoms with Crippen LogP contribution in [0.25, 0.3) is 27.7 Å². The maximum Gasteiger partial charge on any atom is 0.353 e. The molecule has 0 amide bonds. The van der Waals surface area contributed by atoms with Gasteiger partial charge >= 0.3 is 5.97 Å². The van der Waals surface area contributed by atoms with Crippen LogP contribution in [-0.2, 0) is 4.74 Å². The average molecular weight is 455 g/mol. The highest BCUT2D eigenvalue weighted by atomic mass is 16.5. The summed E-state index contributed by atoms with van der Waals surface area (Å²) in [6.07, 6.45) is 6.80. The summed E-state index contributed by atoms with van der Waals surface area (Å²) in [6, 6.07) is 11.4. The summed E-state index contributed by atoms with van der Waals surface area (Å²) in [7, 11) is 0. The van der Waals surface area contributed by atoms with Gasteiger partial charge in [0.2, 0.25) is 0 Å². The number of hydrogen-bond donors (Lipinski definition) is 3. The van der Waals surface area contributed by atoms with Crippen LogP contribution in [0.5, 0.6) is 0 Å². The zero-order valence-corrected chi connectivity index (χ0v) is 18.1. The number of aromatic nitrogens is 5. The van der Waals surface area contributed by atoms with Gasteiger partial charge in [0.1, 0.15) is 11.5 Å². The minimum absolute atomic E-state index is 0.132. The quantitative estimate of drug-likeness (QED) is 0.368. The van der Waals surface area contributed by atoms with Crippen LogP contribution in [0.4, 0.5) is 17.2 Å². The van der Waals surface area contributed by atoms with Crippen LogP contribution in [0.3, 0.4) is 0 Å². The Kier molecular flexibility index (Phi) is 4.84. The van der Waals surface area contributed by atoms with Crippen molar-refractivity contribution >= 4 is 39.7 Å². The zero-order chi connectivity index (χ0) is 23.1. The molecule has 0 bridgehead atoms. The van der Waals surface area contributed by atoms with Crippen LogP contribution in [0, 0.1) is 0 Å². The Balaban J connectivity index is 1.42. The minimum atomic E-state index is -1.04. The molecule has 170 valence electrons. The molecule has 34 heavy (non-hydrogen) atoms. The van der Waals surface area contributed by atoms with Crippen LogP contribution >= 0.6 is 0 Å². The SMILES string of the molecule is O=C(O)c1c(-c2ccc3cn[nH]c3c2)cc(Nc2ccc(N3CCOCC3)cn2)c2nccn12. The Morgan fingerprint density at radius 1 is 1.09 bits per heavy atom. The van der Waals surface area contributed by atoms with Crippen molar-refractivity contribution in [2.45, 2.75) is 0 Å². The lowest BCUT2D eigenvalue weighted by Crippen LogP contribution is -2.36. The van der Waals surface area contributed by atoms with Crippen LogP contribution in [0.2, 0.25) is 0 Å². The van der Waals surface area contributed by atoms with Gasteiger partial charge in [0.15, 0.2) is 5.65 Å². The molecule has 0 spiro atoms. The summed E-state index contributed by atoms with van der Waals surface area (Å²) in [5.74, 6) is -0.401. The number of benzene rings is 1. The summed E-state index contributed by atoms with van der Waals surface area (Å²) in [5.41, 5.74) is 4.46. The van der Waals surface area contributed by atoms with Gasteiger partial charge in [-0.05, 0) is 29.8 Å². The van der Waals surface area contributed by atoms with E-state index in [0.29, 0.717) is 35.9 Å². The highest BCUT2D eigenvalue weighted by Crippen LogP contribution is 2.33. The number of H-pyrrole nitrogens is 1. The predicted octanol–water partition coefficient (Wildman–Crippen LogP) is 3.55. The molecular weight excluding hydrogens is 434 g/mol. The number of pyridine rings is 2. The normalized spacial score (nSPS) is 14.1. The molecule has 0 radical (unpaired) electrons. The van der Waals surface area contributed by atoms with Crippen molar-refractivity contribution in [2.75, 3.05) is 36.5 Å². The lowest BCUT2D eigenvalue weighted by molar-refractivity contribution is 0.0690. The van der Waals surface area contributed by atoms with Gasteiger partial charge in [0, 0.05) is 36.4 Å². The number of carbonyl (C=O) groups is 1. The second kappa shape index (κ2) is 8.16. The maximum absolute atomic E-state index is 12.3. The van der Waals surface area contributed by atoms with Crippen molar-refractivity contribution in [1.82, 2.24) is 24.6 Å². The molecular formula is C24H21N7O3. The number of fused-ring (bicyclic) bond motifs is 2. The molecule has 1 aliphatic heterocycles. The third-order valence-corrected chi connectivity index (χ3v) is 6.01. The number of nitrogens with one attached hydrogen (secondary N) is 2. The van der Waals surface area contributed by atoms with Crippen LogP contribution < -0.4 is 10.2 Å². The topological polar surface area (TPSA) is 121 Å². The van der Waals surface area contributed by atoms with E-state index in [1.54, 1.807) is 29.1 Å². The van der Waals surface area contributed by atoms with Crippen molar-refractivity contribution in [1.29, 1.82) is 0 Å². The highest BCUT2D eigenvalue weighted by Gasteiger charge is 2.20. The van der Waals surface area contributed by atoms with Crippen LogP contribution in [0.15, 0.2) is 61.2 Å². The van der Waals surface area contributed by atoms with E-state index in [9.17, 15) is 9.90 Å². The summed E-state index contributed by atoms with van der Waals surface area (Å²) in [4.78, 5) is 23.5. The Hall–Kier alpha value is -4.44. The number of anilines is 3. The molecule has 1 aliphatic rings. The van der Waals surface area contributed by atoms with Gasteiger partial charge in [-0.25, -0.2) is 14.8 Å². The first kappa shape index (κ1) is 20.2. The van der Waals surface area contributed by atoms with Crippen molar-refractivity contribution in [3.05, 3.63) is 66.9 Å². The van der Waals surface area contributed by atoms with E-state index in [4.69, 9.17) is 4.74 Å². The van der Waals surface area contributed by atoms with Gasteiger partial charge in [-0.15, -0.1) is 0 Å². The molecule has 5 heterocycles. The molecule has 4 aromatic heterocycles. The standard InChI is InChI=1S/C24H21N7O3/c32-24(33)22-18(15-1-2-16-13-27-29-19(16)11-15)12-20(23-25-5-6-31(22)23)28-21-4-3-17(14-26-21)30-7-9-34-10-8-30/h1-6,11-14H,7-10H2,(H,26,28)(H,27,29)(H,32,33). The van der Waals surface area contributed by atoms with E-state index >= 15 is 0 Å². The van der Waals surface area contributed by atoms with E-state index in [1.165, 1.54) is 0 Å². The summed E-state index contributed by atoms with van der Waals surface area (Å²) < 4.78 is 7.00. The predicted molar refractivity (Wildman–Crippen MR) is 128 cm³/mol. The molecule has 10 nitrogen and oxygen atoms in total. The molecule has 5 aromatic rings. The number of imidazole rings is 1. The molecule has 1 aromatic carbocycles. The van der Waals surface area contributed by atoms with E-state index < -0.39 is 5.97 Å². The lowest BCUT2D eigenvalue weighted by atomic mass is 10.0. The molecule has 10 heteroatoms. The molecule has 3 N–H and O–H groups in total. The third kappa shape index (κ3) is 3.50. The van der Waals surface area contributed by atoms with Gasteiger partial charge in [-0.1, -0.05) is 12.1 Å². The molecule has 0 unspecified atom stereocenters. The van der Waals surface area contributed by atoms with Gasteiger partial charge in [0.05, 0.1) is 42.5 Å². The Morgan fingerprint density at radius 3 is 2.76 bits per heavy atom. The minimum Gasteiger partial charge on any atom is -0.477 e. The Labute approximate surface area is 193 Å². The fourth-order valence-electron chi connectivity index (χ4n) is 4.33. The number of nitrogens with zero attached hydrogens (tertiary/aromatic N) is 5. The van der Waals surface area contributed by atoms with Crippen LogP contribution in [-0.4, -0.2) is 61.9 Å². The summed E-state index contributed by atoms with van der Waals surface area (Å²) >= 11 is 0. The largest absolute Gasteiger partial charge is 0.477 e. The number of carboxylic acid groups (broad SMARTS) is 1. The number of rotatable bonds is 5. The first-order valence-corrected chi connectivity index (χ1v) is 10.9. The van der Waals surface area contributed by atoms with Gasteiger partial charge in [0.25, 0.3) is 0 Å². The monoisotopic (exact) mass is 455 g/mol. The first-order chi connectivity index (χ1) is 16.7. The molecule has 0 atom stereocenters. The molecule has 6 rings (SSSR count). The number of ether oxygens (including phenoxy) is 1. The smallest absolute Gasteiger partial charge is 0.353 e. The maximum atomic E-state index is 12.3. The fraction of sp³-hybridized carbons (Fsp3) is 0.167. The van der Waals surface area contributed by atoms with Crippen molar-refractivity contribution in [2.24, 2.45) is 0 Å². The number of carboxylic acids is 1. The Bertz CT molecular complexity index is 1500. The lowest BCUT2D eigenvalue weighted by Gasteiger charge is -2.28. The summed E-state index contributed by atoms with van der Waals surface area (Å²) in [5, 5.41) is 21.3. The number of hydrogen-bond acceptors (Lipinski definition) is 7. The van der Waals surface area contributed by atoms with Gasteiger partial charge < -0.3 is 20.1 Å². The van der Waals surface area contributed by atoms with E-state index in [1.807, 2.05) is 36.5 Å². The number of aromatic carboxylic acids is 1. The third-order valence-electron chi connectivity index (χ3n) is 6.01. The highest BCUT2D eigenvalue weighted by molar-refractivity contribution is 5.99. The second-order valence-electron chi connectivity index (χ2n) is 8.04. The van der Waals surface area contributed by atoms with E-state index in [0.717, 1.165) is 35.2 Å². The van der Waals surface area contributed by atoms with Gasteiger partial charge in [-0.2, -0.15) is 5.10 Å². The first-order valence-electron chi connectivity index (χ1n) is 10.9. The van der Waals surface area contributed by atoms with Crippen molar-refractivity contribution in [3.63, 3.8) is 0 Å². The average Bonchev–Trinajstić information content (AvgIpc) is 3.54. The zero-order valence-electron chi connectivity index (χ0n) is 18.1. The fourth-order valence-corrected chi connectivity index (χ4v) is 4.33. The number of aromatic amines is 1. The Morgan fingerprint density at radius 2 is 1.97 bits per heavy atom. The molecule has 1 saturated heterocycles. The van der Waals surface area contributed by atoms with Crippen molar-refractivity contribution < 1.29 is 14.6 Å². The van der Waals surface area contributed by atoms with Gasteiger partial charge in [-0.3, -0.25) is 9.50 Å². The number of morpholine rings is 1. The summed E-state index contributed by atoms with van der Waals surface area (Å²) in [6.45, 7) is 3.09. The van der Waals surface area contributed by atoms with Crippen LogP contribution in [0.1, 0.15) is 10.5 Å². The molecule has 0 aliphatic carbocycles.